The van der Waals surface area contributed by atoms with E-state index in [0.29, 0.717) is 6.42 Å². The molecule has 2 nitrogen and oxygen atoms in total. The Balaban J connectivity index is 2.27. The van der Waals surface area contributed by atoms with Gasteiger partial charge >= 0.3 is 0 Å². The fourth-order valence-electron chi connectivity index (χ4n) is 4.88. The van der Waals surface area contributed by atoms with E-state index < -0.39 is 5.60 Å². The molecule has 2 atom stereocenters. The lowest BCUT2D eigenvalue weighted by atomic mass is 9.67. The van der Waals surface area contributed by atoms with E-state index in [4.69, 9.17) is 0 Å². The summed E-state index contributed by atoms with van der Waals surface area (Å²) in [7, 11) is 0. The van der Waals surface area contributed by atoms with Crippen LogP contribution >= 0.6 is 0 Å². The Kier molecular flexibility index (Phi) is 3.13. The van der Waals surface area contributed by atoms with Crippen molar-refractivity contribution in [2.24, 2.45) is 5.41 Å². The summed E-state index contributed by atoms with van der Waals surface area (Å²) in [4.78, 5) is 0. The molecule has 118 valence electrons. The van der Waals surface area contributed by atoms with E-state index in [-0.39, 0.29) is 16.6 Å². The van der Waals surface area contributed by atoms with Crippen LogP contribution in [0.5, 0.6) is 5.75 Å². The molecule has 2 heteroatoms. The van der Waals surface area contributed by atoms with E-state index in [9.17, 15) is 10.2 Å². The molecule has 2 N–H and O–H groups in total. The number of allylic oxidation sites excluding steroid dienone is 2. The zero-order valence-corrected chi connectivity index (χ0v) is 14.2. The Morgan fingerprint density at radius 2 is 1.77 bits per heavy atom. The summed E-state index contributed by atoms with van der Waals surface area (Å²) in [6.45, 7) is 10.7. The second-order valence-electron chi connectivity index (χ2n) is 8.17. The van der Waals surface area contributed by atoms with Crippen LogP contribution in [0.1, 0.15) is 53.0 Å². The quantitative estimate of drug-likeness (QED) is 0.802. The highest BCUT2D eigenvalue weighted by molar-refractivity contribution is 5.56. The van der Waals surface area contributed by atoms with Gasteiger partial charge in [-0.15, -0.1) is 0 Å². The van der Waals surface area contributed by atoms with E-state index in [0.717, 1.165) is 17.6 Å². The predicted octanol–water partition coefficient (Wildman–Crippen LogP) is 4.48. The van der Waals surface area contributed by atoms with Crippen molar-refractivity contribution >= 4 is 0 Å². The minimum atomic E-state index is -0.831. The summed E-state index contributed by atoms with van der Waals surface area (Å²) in [6.07, 6.45) is 3.88. The van der Waals surface area contributed by atoms with Crippen LogP contribution in [0.4, 0.5) is 0 Å². The summed E-state index contributed by atoms with van der Waals surface area (Å²) in [5.74, 6) is 0.285. The number of aliphatic hydroxyl groups is 1. The number of rotatable bonds is 1. The van der Waals surface area contributed by atoms with Gasteiger partial charge in [-0.3, -0.25) is 0 Å². The SMILES string of the molecule is CC1=CC2=C(C(C)(O)C1)C(C)(c1cccc(O)c1)CC2(C)C. The molecule has 0 aliphatic heterocycles. The van der Waals surface area contributed by atoms with Crippen LogP contribution in [-0.2, 0) is 5.41 Å². The minimum absolute atomic E-state index is 0.0151. The van der Waals surface area contributed by atoms with Gasteiger partial charge in [0.2, 0.25) is 0 Å². The van der Waals surface area contributed by atoms with Crippen molar-refractivity contribution in [3.8, 4) is 5.75 Å². The van der Waals surface area contributed by atoms with E-state index in [1.165, 1.54) is 11.1 Å². The number of phenolic OH excluding ortho intramolecular Hbond substituents is 1. The predicted molar refractivity (Wildman–Crippen MR) is 89.9 cm³/mol. The van der Waals surface area contributed by atoms with Gasteiger partial charge in [-0.1, -0.05) is 44.6 Å². The van der Waals surface area contributed by atoms with Gasteiger partial charge < -0.3 is 10.2 Å². The highest BCUT2D eigenvalue weighted by atomic mass is 16.3. The standard InChI is InChI=1S/C20H26O2/c1-13-9-16-17(20(5,22)11-13)19(4,12-18(16,2)3)14-7-6-8-15(21)10-14/h6-10,21-22H,11-12H2,1-5H3. The lowest BCUT2D eigenvalue weighted by Crippen LogP contribution is -2.39. The summed E-state index contributed by atoms with van der Waals surface area (Å²) in [5.41, 5.74) is 3.64. The van der Waals surface area contributed by atoms with Gasteiger partial charge in [0.15, 0.2) is 0 Å². The number of benzene rings is 1. The molecule has 3 rings (SSSR count). The van der Waals surface area contributed by atoms with Gasteiger partial charge in [-0.25, -0.2) is 0 Å². The Labute approximate surface area is 133 Å². The van der Waals surface area contributed by atoms with Crippen LogP contribution in [0.15, 0.2) is 47.1 Å². The van der Waals surface area contributed by atoms with Crippen molar-refractivity contribution in [2.75, 3.05) is 0 Å². The number of hydrogen-bond donors (Lipinski definition) is 2. The molecule has 2 unspecified atom stereocenters. The third-order valence-electron chi connectivity index (χ3n) is 5.38. The molecule has 0 saturated heterocycles. The van der Waals surface area contributed by atoms with Crippen LogP contribution in [0.2, 0.25) is 0 Å². The number of phenols is 1. The molecular formula is C20H26O2. The number of aromatic hydroxyl groups is 1. The van der Waals surface area contributed by atoms with Crippen molar-refractivity contribution in [2.45, 2.75) is 58.5 Å². The monoisotopic (exact) mass is 298 g/mol. The van der Waals surface area contributed by atoms with Gasteiger partial charge in [0.25, 0.3) is 0 Å². The smallest absolute Gasteiger partial charge is 0.115 e. The zero-order chi connectivity index (χ0) is 16.3. The van der Waals surface area contributed by atoms with Gasteiger partial charge in [0.1, 0.15) is 5.75 Å². The fraction of sp³-hybridized carbons (Fsp3) is 0.500. The van der Waals surface area contributed by atoms with E-state index >= 15 is 0 Å². The Hall–Kier alpha value is -1.54. The average molecular weight is 298 g/mol. The molecule has 2 aliphatic rings. The molecule has 22 heavy (non-hydrogen) atoms. The summed E-state index contributed by atoms with van der Waals surface area (Å²) >= 11 is 0. The average Bonchev–Trinajstić information content (AvgIpc) is 2.56. The molecule has 1 aromatic rings. The maximum atomic E-state index is 11.2. The van der Waals surface area contributed by atoms with Crippen molar-refractivity contribution in [1.82, 2.24) is 0 Å². The fourth-order valence-corrected chi connectivity index (χ4v) is 4.88. The second-order valence-corrected chi connectivity index (χ2v) is 8.17. The molecule has 2 aliphatic carbocycles. The summed E-state index contributed by atoms with van der Waals surface area (Å²) in [5, 5.41) is 21.0. The first-order valence-corrected chi connectivity index (χ1v) is 8.01. The maximum absolute atomic E-state index is 11.2. The van der Waals surface area contributed by atoms with Crippen LogP contribution in [0.3, 0.4) is 0 Å². The van der Waals surface area contributed by atoms with E-state index in [1.807, 2.05) is 19.1 Å². The van der Waals surface area contributed by atoms with E-state index in [2.05, 4.69) is 39.8 Å². The lowest BCUT2D eigenvalue weighted by Gasteiger charge is -2.40. The highest BCUT2D eigenvalue weighted by Gasteiger charge is 2.53. The molecule has 0 aromatic heterocycles. The van der Waals surface area contributed by atoms with Crippen LogP contribution < -0.4 is 0 Å². The molecule has 1 aromatic carbocycles. The normalized spacial score (nSPS) is 33.6. The largest absolute Gasteiger partial charge is 0.508 e. The van der Waals surface area contributed by atoms with E-state index in [1.54, 1.807) is 6.07 Å². The van der Waals surface area contributed by atoms with Gasteiger partial charge in [-0.2, -0.15) is 0 Å². The molecule has 0 bridgehead atoms. The molecule has 0 heterocycles. The van der Waals surface area contributed by atoms with Crippen molar-refractivity contribution in [3.63, 3.8) is 0 Å². The van der Waals surface area contributed by atoms with Gasteiger partial charge in [-0.05, 0) is 54.5 Å². The lowest BCUT2D eigenvalue weighted by molar-refractivity contribution is 0.0837. The molecule has 0 fully saturated rings. The molecule has 0 amide bonds. The Morgan fingerprint density at radius 1 is 1.09 bits per heavy atom. The van der Waals surface area contributed by atoms with Crippen molar-refractivity contribution in [1.29, 1.82) is 0 Å². The maximum Gasteiger partial charge on any atom is 0.115 e. The third-order valence-corrected chi connectivity index (χ3v) is 5.38. The first-order chi connectivity index (χ1) is 10.1. The molecule has 0 spiro atoms. The highest BCUT2D eigenvalue weighted by Crippen LogP contribution is 2.60. The Morgan fingerprint density at radius 3 is 2.41 bits per heavy atom. The van der Waals surface area contributed by atoms with Gasteiger partial charge in [0.05, 0.1) is 5.60 Å². The Bertz CT molecular complexity index is 691. The van der Waals surface area contributed by atoms with Crippen LogP contribution in [0, 0.1) is 5.41 Å². The van der Waals surface area contributed by atoms with Gasteiger partial charge in [0, 0.05) is 11.8 Å². The van der Waals surface area contributed by atoms with Crippen molar-refractivity contribution < 1.29 is 10.2 Å². The van der Waals surface area contributed by atoms with Crippen LogP contribution in [-0.4, -0.2) is 15.8 Å². The third kappa shape index (κ3) is 2.13. The summed E-state index contributed by atoms with van der Waals surface area (Å²) in [6, 6.07) is 7.49. The summed E-state index contributed by atoms with van der Waals surface area (Å²) < 4.78 is 0. The van der Waals surface area contributed by atoms with Crippen LogP contribution in [0.25, 0.3) is 0 Å². The molecular weight excluding hydrogens is 272 g/mol. The van der Waals surface area contributed by atoms with Crippen molar-refractivity contribution in [3.05, 3.63) is 52.6 Å². The number of hydrogen-bond acceptors (Lipinski definition) is 2. The molecule has 0 saturated carbocycles. The zero-order valence-electron chi connectivity index (χ0n) is 14.2. The minimum Gasteiger partial charge on any atom is -0.508 e. The first kappa shape index (κ1) is 15.4. The molecule has 0 radical (unpaired) electrons. The first-order valence-electron chi connectivity index (χ1n) is 8.01. The second kappa shape index (κ2) is 4.48. The topological polar surface area (TPSA) is 40.5 Å².